The highest BCUT2D eigenvalue weighted by Crippen LogP contribution is 2.25. The van der Waals surface area contributed by atoms with Crippen LogP contribution in [0.3, 0.4) is 0 Å². The molecule has 0 aromatic heterocycles. The highest BCUT2D eigenvalue weighted by Gasteiger charge is 2.37. The molecule has 0 fully saturated rings. The van der Waals surface area contributed by atoms with Crippen molar-refractivity contribution < 1.29 is 23.6 Å². The number of rotatable bonds is 6. The molecular formula is C21H20FN3O4. The summed E-state index contributed by atoms with van der Waals surface area (Å²) in [5.41, 5.74) is 1.06. The molecule has 2 N–H and O–H groups in total. The van der Waals surface area contributed by atoms with Gasteiger partial charge in [-0.1, -0.05) is 0 Å². The maximum atomic E-state index is 12.9. The van der Waals surface area contributed by atoms with Gasteiger partial charge in [-0.05, 0) is 56.3 Å². The maximum Gasteiger partial charge on any atom is 0.261 e. The number of amides is 4. The number of imide groups is 1. The van der Waals surface area contributed by atoms with E-state index in [1.54, 1.807) is 13.8 Å². The van der Waals surface area contributed by atoms with Gasteiger partial charge < -0.3 is 10.6 Å². The second kappa shape index (κ2) is 8.22. The van der Waals surface area contributed by atoms with Crippen molar-refractivity contribution in [2.75, 3.05) is 13.1 Å². The highest BCUT2D eigenvalue weighted by atomic mass is 19.1. The lowest BCUT2D eigenvalue weighted by Crippen LogP contribution is -2.36. The normalized spacial score (nSPS) is 12.9. The Morgan fingerprint density at radius 1 is 0.862 bits per heavy atom. The molecule has 1 aliphatic rings. The predicted octanol–water partition coefficient (Wildman–Crippen LogP) is 1.99. The van der Waals surface area contributed by atoms with Crippen molar-refractivity contribution in [1.29, 1.82) is 0 Å². The molecular weight excluding hydrogens is 377 g/mol. The van der Waals surface area contributed by atoms with Gasteiger partial charge in [0.2, 0.25) is 0 Å². The lowest BCUT2D eigenvalue weighted by Gasteiger charge is -2.17. The van der Waals surface area contributed by atoms with Crippen LogP contribution in [0, 0.1) is 5.82 Å². The standard InChI is InChI=1S/C21H20FN3O4/c1-12(2)25-20(28)16-8-5-14(11-17(16)21(25)29)19(27)24-10-9-23-18(26)13-3-6-15(22)7-4-13/h3-8,11-12H,9-10H2,1-2H3,(H,23,26)(H,24,27). The number of halogens is 1. The zero-order valence-electron chi connectivity index (χ0n) is 16.0. The maximum absolute atomic E-state index is 12.9. The van der Waals surface area contributed by atoms with Crippen LogP contribution >= 0.6 is 0 Å². The van der Waals surface area contributed by atoms with E-state index in [4.69, 9.17) is 0 Å². The van der Waals surface area contributed by atoms with E-state index in [-0.39, 0.29) is 47.6 Å². The molecule has 0 atom stereocenters. The van der Waals surface area contributed by atoms with E-state index in [1.165, 1.54) is 42.5 Å². The van der Waals surface area contributed by atoms with Gasteiger partial charge in [0, 0.05) is 30.3 Å². The average molecular weight is 397 g/mol. The number of fused-ring (bicyclic) bond motifs is 1. The third kappa shape index (κ3) is 4.16. The second-order valence-corrected chi connectivity index (χ2v) is 6.85. The van der Waals surface area contributed by atoms with E-state index in [0.29, 0.717) is 5.56 Å². The van der Waals surface area contributed by atoms with Crippen LogP contribution in [0.25, 0.3) is 0 Å². The molecule has 0 saturated heterocycles. The monoisotopic (exact) mass is 397 g/mol. The van der Waals surface area contributed by atoms with Crippen LogP contribution in [0.15, 0.2) is 42.5 Å². The summed E-state index contributed by atoms with van der Waals surface area (Å²) in [5.74, 6) is -2.02. The Morgan fingerprint density at radius 2 is 1.38 bits per heavy atom. The third-order valence-electron chi connectivity index (χ3n) is 4.50. The van der Waals surface area contributed by atoms with E-state index in [0.717, 1.165) is 4.90 Å². The van der Waals surface area contributed by atoms with Crippen molar-refractivity contribution in [3.63, 3.8) is 0 Å². The molecule has 1 aliphatic heterocycles. The number of benzene rings is 2. The lowest BCUT2D eigenvalue weighted by atomic mass is 10.1. The molecule has 1 heterocycles. The lowest BCUT2D eigenvalue weighted by molar-refractivity contribution is 0.0608. The molecule has 0 spiro atoms. The quantitative estimate of drug-likeness (QED) is 0.576. The van der Waals surface area contributed by atoms with Crippen LogP contribution in [0.5, 0.6) is 0 Å². The minimum atomic E-state index is -0.431. The van der Waals surface area contributed by atoms with Crippen molar-refractivity contribution in [1.82, 2.24) is 15.5 Å². The minimum absolute atomic E-state index is 0.161. The largest absolute Gasteiger partial charge is 0.350 e. The molecule has 2 aromatic rings. The number of carbonyl (C=O) groups is 4. The van der Waals surface area contributed by atoms with Gasteiger partial charge in [0.25, 0.3) is 23.6 Å². The molecule has 0 unspecified atom stereocenters. The zero-order chi connectivity index (χ0) is 21.1. The number of nitrogens with zero attached hydrogens (tertiary/aromatic N) is 1. The van der Waals surface area contributed by atoms with Crippen LogP contribution in [0.1, 0.15) is 55.3 Å². The van der Waals surface area contributed by atoms with Gasteiger partial charge >= 0.3 is 0 Å². The Bertz CT molecular complexity index is 986. The first-order valence-corrected chi connectivity index (χ1v) is 9.13. The third-order valence-corrected chi connectivity index (χ3v) is 4.50. The fraction of sp³-hybridized carbons (Fsp3) is 0.238. The van der Waals surface area contributed by atoms with Gasteiger partial charge in [-0.3, -0.25) is 24.1 Å². The first-order chi connectivity index (χ1) is 13.8. The van der Waals surface area contributed by atoms with Crippen LogP contribution in [0.4, 0.5) is 4.39 Å². The van der Waals surface area contributed by atoms with Gasteiger partial charge in [-0.15, -0.1) is 0 Å². The van der Waals surface area contributed by atoms with Gasteiger partial charge in [-0.2, -0.15) is 0 Å². The summed E-state index contributed by atoms with van der Waals surface area (Å²) < 4.78 is 12.9. The van der Waals surface area contributed by atoms with E-state index in [1.807, 2.05) is 0 Å². The van der Waals surface area contributed by atoms with Crippen molar-refractivity contribution in [3.8, 4) is 0 Å². The SMILES string of the molecule is CC(C)N1C(=O)c2ccc(C(=O)NCCNC(=O)c3ccc(F)cc3)cc2C1=O. The van der Waals surface area contributed by atoms with Gasteiger partial charge in [0.15, 0.2) is 0 Å². The summed E-state index contributed by atoms with van der Waals surface area (Å²) in [5, 5.41) is 5.26. The van der Waals surface area contributed by atoms with Crippen LogP contribution in [-0.2, 0) is 0 Å². The molecule has 150 valence electrons. The number of carbonyl (C=O) groups excluding carboxylic acids is 4. The topological polar surface area (TPSA) is 95.6 Å². The number of hydrogen-bond donors (Lipinski definition) is 2. The Kier molecular flexibility index (Phi) is 5.72. The highest BCUT2D eigenvalue weighted by molar-refractivity contribution is 6.22. The molecule has 0 aliphatic carbocycles. The van der Waals surface area contributed by atoms with Crippen molar-refractivity contribution in [3.05, 3.63) is 70.5 Å². The molecule has 4 amide bonds. The molecule has 0 bridgehead atoms. The van der Waals surface area contributed by atoms with Gasteiger partial charge in [0.05, 0.1) is 11.1 Å². The number of hydrogen-bond acceptors (Lipinski definition) is 4. The summed E-state index contributed by atoms with van der Waals surface area (Å²) in [6.07, 6.45) is 0. The molecule has 29 heavy (non-hydrogen) atoms. The Morgan fingerprint density at radius 3 is 1.97 bits per heavy atom. The summed E-state index contributed by atoms with van der Waals surface area (Å²) >= 11 is 0. The van der Waals surface area contributed by atoms with Crippen LogP contribution in [0.2, 0.25) is 0 Å². The van der Waals surface area contributed by atoms with Gasteiger partial charge in [0.1, 0.15) is 5.82 Å². The van der Waals surface area contributed by atoms with Crippen LogP contribution in [-0.4, -0.2) is 47.7 Å². The first kappa shape index (κ1) is 20.2. The Labute approximate surface area is 166 Å². The smallest absolute Gasteiger partial charge is 0.261 e. The van der Waals surface area contributed by atoms with E-state index >= 15 is 0 Å². The zero-order valence-corrected chi connectivity index (χ0v) is 16.0. The van der Waals surface area contributed by atoms with Crippen LogP contribution < -0.4 is 10.6 Å². The Hall–Kier alpha value is -3.55. The minimum Gasteiger partial charge on any atom is -0.350 e. The summed E-state index contributed by atoms with van der Waals surface area (Å²) in [6.45, 7) is 3.82. The Balaban J connectivity index is 1.56. The van der Waals surface area contributed by atoms with E-state index < -0.39 is 17.6 Å². The molecule has 3 rings (SSSR count). The van der Waals surface area contributed by atoms with E-state index in [2.05, 4.69) is 10.6 Å². The molecule has 8 heteroatoms. The molecule has 0 saturated carbocycles. The van der Waals surface area contributed by atoms with Gasteiger partial charge in [-0.25, -0.2) is 4.39 Å². The first-order valence-electron chi connectivity index (χ1n) is 9.13. The summed E-state index contributed by atoms with van der Waals surface area (Å²) in [4.78, 5) is 50.1. The second-order valence-electron chi connectivity index (χ2n) is 6.85. The fourth-order valence-corrected chi connectivity index (χ4v) is 3.03. The molecule has 7 nitrogen and oxygen atoms in total. The van der Waals surface area contributed by atoms with Crippen molar-refractivity contribution in [2.45, 2.75) is 19.9 Å². The van der Waals surface area contributed by atoms with Crippen molar-refractivity contribution in [2.24, 2.45) is 0 Å². The van der Waals surface area contributed by atoms with E-state index in [9.17, 15) is 23.6 Å². The average Bonchev–Trinajstić information content (AvgIpc) is 2.95. The molecule has 2 aromatic carbocycles. The summed E-state index contributed by atoms with van der Waals surface area (Å²) in [7, 11) is 0. The van der Waals surface area contributed by atoms with Crippen molar-refractivity contribution >= 4 is 23.6 Å². The predicted molar refractivity (Wildman–Crippen MR) is 103 cm³/mol. The number of nitrogens with one attached hydrogen (secondary N) is 2. The molecule has 0 radical (unpaired) electrons. The fourth-order valence-electron chi connectivity index (χ4n) is 3.03. The summed E-state index contributed by atoms with van der Waals surface area (Å²) in [6, 6.07) is 9.21.